The third-order valence-corrected chi connectivity index (χ3v) is 4.16. The van der Waals surface area contributed by atoms with Crippen LogP contribution in [0.1, 0.15) is 103 Å². The van der Waals surface area contributed by atoms with Gasteiger partial charge in [0.25, 0.3) is 0 Å². The molecule has 0 aliphatic carbocycles. The SMILES string of the molecule is C=CCCCCCCCCCCCCCCCCC[NH3+].[Cl-]. The third kappa shape index (κ3) is 22.4. The average Bonchev–Trinajstić information content (AvgIpc) is 2.47. The van der Waals surface area contributed by atoms with Crippen molar-refractivity contribution in [3.05, 3.63) is 12.7 Å². The summed E-state index contributed by atoms with van der Waals surface area (Å²) in [6, 6.07) is 0. The average molecular weight is 318 g/mol. The van der Waals surface area contributed by atoms with E-state index in [4.69, 9.17) is 0 Å². The molecule has 0 aromatic heterocycles. The van der Waals surface area contributed by atoms with Crippen LogP contribution in [0.25, 0.3) is 0 Å². The van der Waals surface area contributed by atoms with Crippen LogP contribution in [0.15, 0.2) is 12.7 Å². The van der Waals surface area contributed by atoms with Crippen molar-refractivity contribution in [1.82, 2.24) is 0 Å². The van der Waals surface area contributed by atoms with E-state index in [1.165, 1.54) is 103 Å². The van der Waals surface area contributed by atoms with E-state index in [9.17, 15) is 0 Å². The van der Waals surface area contributed by atoms with E-state index in [0.29, 0.717) is 0 Å². The van der Waals surface area contributed by atoms with Crippen molar-refractivity contribution in [3.8, 4) is 0 Å². The van der Waals surface area contributed by atoms with E-state index in [1.54, 1.807) is 0 Å². The molecule has 0 saturated heterocycles. The Balaban J connectivity index is 0. The molecule has 0 fully saturated rings. The van der Waals surface area contributed by atoms with Gasteiger partial charge < -0.3 is 18.1 Å². The van der Waals surface area contributed by atoms with Gasteiger partial charge in [-0.25, -0.2) is 0 Å². The number of allylic oxidation sites excluding steroid dienone is 1. The zero-order valence-electron chi connectivity index (χ0n) is 14.4. The maximum Gasteiger partial charge on any atom is 0.0739 e. The summed E-state index contributed by atoms with van der Waals surface area (Å²) in [4.78, 5) is 0. The van der Waals surface area contributed by atoms with Crippen molar-refractivity contribution < 1.29 is 18.1 Å². The van der Waals surface area contributed by atoms with Crippen LogP contribution in [-0.2, 0) is 0 Å². The minimum absolute atomic E-state index is 0. The summed E-state index contributed by atoms with van der Waals surface area (Å²) in [5.74, 6) is 0. The quantitative estimate of drug-likeness (QED) is 0.315. The predicted molar refractivity (Wildman–Crippen MR) is 91.8 cm³/mol. The van der Waals surface area contributed by atoms with Crippen molar-refractivity contribution in [2.75, 3.05) is 6.54 Å². The van der Waals surface area contributed by atoms with Crippen LogP contribution >= 0.6 is 0 Å². The summed E-state index contributed by atoms with van der Waals surface area (Å²) >= 11 is 0. The van der Waals surface area contributed by atoms with Crippen LogP contribution in [0.2, 0.25) is 0 Å². The van der Waals surface area contributed by atoms with Gasteiger partial charge >= 0.3 is 0 Å². The van der Waals surface area contributed by atoms with Crippen LogP contribution in [0.5, 0.6) is 0 Å². The van der Waals surface area contributed by atoms with Crippen LogP contribution in [0.3, 0.4) is 0 Å². The zero-order chi connectivity index (χ0) is 14.7. The Labute approximate surface area is 140 Å². The van der Waals surface area contributed by atoms with Crippen LogP contribution in [-0.4, -0.2) is 6.54 Å². The highest BCUT2D eigenvalue weighted by molar-refractivity contribution is 4.65. The van der Waals surface area contributed by atoms with E-state index in [0.717, 1.165) is 6.54 Å². The van der Waals surface area contributed by atoms with Crippen LogP contribution < -0.4 is 18.1 Å². The molecule has 21 heavy (non-hydrogen) atoms. The summed E-state index contributed by atoms with van der Waals surface area (Å²) < 4.78 is 0. The molecule has 0 aliphatic rings. The number of halogens is 1. The van der Waals surface area contributed by atoms with Crippen LogP contribution in [0, 0.1) is 0 Å². The van der Waals surface area contributed by atoms with Gasteiger partial charge in [0.05, 0.1) is 6.54 Å². The first kappa shape index (κ1) is 23.3. The lowest BCUT2D eigenvalue weighted by Gasteiger charge is -2.03. The lowest BCUT2D eigenvalue weighted by molar-refractivity contribution is -0.368. The molecule has 0 bridgehead atoms. The topological polar surface area (TPSA) is 27.6 Å². The number of unbranched alkanes of at least 4 members (excludes halogenated alkanes) is 15. The van der Waals surface area contributed by atoms with Gasteiger partial charge in [0.15, 0.2) is 0 Å². The highest BCUT2D eigenvalue weighted by Gasteiger charge is 1.94. The van der Waals surface area contributed by atoms with E-state index in [1.807, 2.05) is 6.08 Å². The fraction of sp³-hybridized carbons (Fsp3) is 0.895. The van der Waals surface area contributed by atoms with Gasteiger partial charge in [0.1, 0.15) is 0 Å². The van der Waals surface area contributed by atoms with Gasteiger partial charge in [-0.2, -0.15) is 0 Å². The predicted octanol–water partition coefficient (Wildman–Crippen LogP) is 2.66. The minimum atomic E-state index is 0. The first-order valence-electron chi connectivity index (χ1n) is 9.32. The summed E-state index contributed by atoms with van der Waals surface area (Å²) in [6.07, 6.45) is 24.7. The van der Waals surface area contributed by atoms with Crippen molar-refractivity contribution >= 4 is 0 Å². The van der Waals surface area contributed by atoms with Crippen molar-refractivity contribution in [1.29, 1.82) is 0 Å². The summed E-state index contributed by atoms with van der Waals surface area (Å²) in [6.45, 7) is 4.88. The van der Waals surface area contributed by atoms with E-state index in [2.05, 4.69) is 12.3 Å². The number of quaternary nitrogens is 1. The van der Waals surface area contributed by atoms with Gasteiger partial charge in [0, 0.05) is 0 Å². The Morgan fingerprint density at radius 1 is 0.524 bits per heavy atom. The number of rotatable bonds is 17. The molecule has 0 aromatic rings. The van der Waals surface area contributed by atoms with Gasteiger partial charge in [-0.3, -0.25) is 0 Å². The molecule has 3 N–H and O–H groups in total. The molecule has 2 heteroatoms. The maximum absolute atomic E-state index is 3.89. The molecule has 0 spiro atoms. The van der Waals surface area contributed by atoms with Gasteiger partial charge in [0.2, 0.25) is 0 Å². The Morgan fingerprint density at radius 2 is 0.810 bits per heavy atom. The molecule has 0 saturated carbocycles. The molecular formula is C19H40ClN. The van der Waals surface area contributed by atoms with Crippen molar-refractivity contribution in [2.45, 2.75) is 103 Å². The molecule has 0 atom stereocenters. The first-order chi connectivity index (χ1) is 9.91. The Bertz CT molecular complexity index is 182. The van der Waals surface area contributed by atoms with Crippen molar-refractivity contribution in [2.24, 2.45) is 0 Å². The zero-order valence-corrected chi connectivity index (χ0v) is 15.1. The smallest absolute Gasteiger partial charge is 0.0739 e. The second-order valence-electron chi connectivity index (χ2n) is 6.23. The third-order valence-electron chi connectivity index (χ3n) is 4.16. The monoisotopic (exact) mass is 317 g/mol. The number of hydrogen-bond donors (Lipinski definition) is 1. The second kappa shape index (κ2) is 22.3. The van der Waals surface area contributed by atoms with Gasteiger partial charge in [-0.1, -0.05) is 83.1 Å². The highest BCUT2D eigenvalue weighted by atomic mass is 35.5. The fourth-order valence-corrected chi connectivity index (χ4v) is 2.76. The Morgan fingerprint density at radius 3 is 1.10 bits per heavy atom. The minimum Gasteiger partial charge on any atom is -1.00 e. The molecule has 0 radical (unpaired) electrons. The molecule has 0 aromatic carbocycles. The van der Waals surface area contributed by atoms with E-state index < -0.39 is 0 Å². The number of hydrogen-bond acceptors (Lipinski definition) is 0. The van der Waals surface area contributed by atoms with E-state index in [-0.39, 0.29) is 12.4 Å². The Hall–Kier alpha value is -0.0100. The normalized spacial score (nSPS) is 10.3. The highest BCUT2D eigenvalue weighted by Crippen LogP contribution is 2.13. The standard InChI is InChI=1S/C19H39N.ClH/c1-2-3-4-5-6-7-8-9-10-11-12-13-14-15-16-17-18-19-20;/h2H,1,3-20H2;1H. The molecule has 1 nitrogen and oxygen atoms in total. The second-order valence-corrected chi connectivity index (χ2v) is 6.23. The fourth-order valence-electron chi connectivity index (χ4n) is 2.76. The molecule has 0 unspecified atom stereocenters. The molecule has 0 amide bonds. The summed E-state index contributed by atoms with van der Waals surface area (Å²) in [5.41, 5.74) is 3.89. The van der Waals surface area contributed by atoms with E-state index >= 15 is 0 Å². The van der Waals surface area contributed by atoms with Gasteiger partial charge in [-0.05, 0) is 25.7 Å². The Kier molecular flexibility index (Phi) is 24.7. The van der Waals surface area contributed by atoms with Crippen LogP contribution in [0.4, 0.5) is 0 Å². The van der Waals surface area contributed by atoms with Gasteiger partial charge in [-0.15, -0.1) is 6.58 Å². The lowest BCUT2D eigenvalue weighted by Crippen LogP contribution is -3.00. The molecule has 0 rings (SSSR count). The largest absolute Gasteiger partial charge is 1.00 e. The molecule has 0 heterocycles. The molecule has 128 valence electrons. The first-order valence-corrected chi connectivity index (χ1v) is 9.32. The van der Waals surface area contributed by atoms with Crippen molar-refractivity contribution in [3.63, 3.8) is 0 Å². The summed E-state index contributed by atoms with van der Waals surface area (Å²) in [5, 5.41) is 0. The maximum atomic E-state index is 3.89. The summed E-state index contributed by atoms with van der Waals surface area (Å²) in [7, 11) is 0. The molecular weight excluding hydrogens is 278 g/mol. The lowest BCUT2D eigenvalue weighted by atomic mass is 10.0. The molecule has 0 aliphatic heterocycles.